The first-order valence-electron chi connectivity index (χ1n) is 11.4. The van der Waals surface area contributed by atoms with Crippen LogP contribution in [0, 0.1) is 0 Å². The molecule has 1 aliphatic heterocycles. The Hall–Kier alpha value is -3.52. The molecular weight excluding hydrogens is 438 g/mol. The van der Waals surface area contributed by atoms with Gasteiger partial charge in [0.1, 0.15) is 18.8 Å². The predicted molar refractivity (Wildman–Crippen MR) is 124 cm³/mol. The number of benzene rings is 2. The summed E-state index contributed by atoms with van der Waals surface area (Å²) < 4.78 is 16.0. The van der Waals surface area contributed by atoms with E-state index < -0.39 is 11.8 Å². The number of rotatable bonds is 15. The minimum absolute atomic E-state index is 0.0141. The lowest BCUT2D eigenvalue weighted by Crippen LogP contribution is -2.33. The van der Waals surface area contributed by atoms with Crippen LogP contribution in [-0.4, -0.2) is 61.4 Å². The molecule has 8 heteroatoms. The first kappa shape index (κ1) is 25.1. The van der Waals surface area contributed by atoms with Crippen molar-refractivity contribution in [3.8, 4) is 5.75 Å². The van der Waals surface area contributed by atoms with Crippen LogP contribution in [0.25, 0.3) is 0 Å². The summed E-state index contributed by atoms with van der Waals surface area (Å²) in [5.41, 5.74) is 0.735. The average Bonchev–Trinajstić information content (AvgIpc) is 3.09. The number of ketones is 1. The largest absolute Gasteiger partial charge is 0.494 e. The Bertz CT molecular complexity index is 955. The Morgan fingerprint density at radius 1 is 0.735 bits per heavy atom. The second-order valence-electron chi connectivity index (χ2n) is 7.87. The zero-order chi connectivity index (χ0) is 24.2. The summed E-state index contributed by atoms with van der Waals surface area (Å²) in [5, 5.41) is 0. The van der Waals surface area contributed by atoms with E-state index in [0.717, 1.165) is 36.3 Å². The van der Waals surface area contributed by atoms with Crippen LogP contribution in [0.1, 0.15) is 52.8 Å². The smallest absolute Gasteiger partial charge is 0.313 e. The van der Waals surface area contributed by atoms with Gasteiger partial charge in [-0.05, 0) is 49.9 Å². The molecule has 0 unspecified atom stereocenters. The number of esters is 1. The average molecular weight is 468 g/mol. The van der Waals surface area contributed by atoms with Crippen molar-refractivity contribution in [1.29, 1.82) is 0 Å². The Morgan fingerprint density at radius 3 is 2.03 bits per heavy atom. The van der Waals surface area contributed by atoms with Crippen LogP contribution in [-0.2, 0) is 19.1 Å². The molecule has 2 amide bonds. The molecule has 0 aliphatic carbocycles. The number of unbranched alkanes of at least 4 members (excludes halogenated alkanes) is 3. The van der Waals surface area contributed by atoms with Crippen LogP contribution >= 0.6 is 0 Å². The highest BCUT2D eigenvalue weighted by Crippen LogP contribution is 2.21. The summed E-state index contributed by atoms with van der Waals surface area (Å²) in [7, 11) is 0. The molecule has 180 valence electrons. The molecule has 0 N–H and O–H groups in total. The van der Waals surface area contributed by atoms with Crippen molar-refractivity contribution in [2.75, 3.05) is 33.0 Å². The molecule has 0 aromatic heterocycles. The molecule has 0 bridgehead atoms. The summed E-state index contributed by atoms with van der Waals surface area (Å²) in [6.45, 7) is 0.692. The van der Waals surface area contributed by atoms with E-state index in [1.165, 1.54) is 0 Å². The lowest BCUT2D eigenvalue weighted by Gasteiger charge is -2.13. The van der Waals surface area contributed by atoms with Gasteiger partial charge in [-0.2, -0.15) is 0 Å². The lowest BCUT2D eigenvalue weighted by molar-refractivity contribution is -0.147. The summed E-state index contributed by atoms with van der Waals surface area (Å²) in [6.07, 6.45) is 3.14. The van der Waals surface area contributed by atoms with Crippen molar-refractivity contribution < 1.29 is 33.4 Å². The van der Waals surface area contributed by atoms with Gasteiger partial charge in [0.2, 0.25) is 0 Å². The molecule has 0 atom stereocenters. The van der Waals surface area contributed by atoms with E-state index in [9.17, 15) is 19.2 Å². The number of fused-ring (bicyclic) bond motifs is 1. The molecule has 1 aliphatic rings. The third kappa shape index (κ3) is 7.52. The van der Waals surface area contributed by atoms with Gasteiger partial charge in [-0.15, -0.1) is 0 Å². The van der Waals surface area contributed by atoms with Crippen molar-refractivity contribution in [2.45, 2.75) is 32.1 Å². The molecule has 3 rings (SSSR count). The highest BCUT2D eigenvalue weighted by atomic mass is 16.5. The van der Waals surface area contributed by atoms with Crippen molar-refractivity contribution in [2.24, 2.45) is 0 Å². The second kappa shape index (κ2) is 13.3. The van der Waals surface area contributed by atoms with Crippen molar-refractivity contribution >= 4 is 23.6 Å². The third-order valence-electron chi connectivity index (χ3n) is 5.26. The number of hydrogen-bond donors (Lipinski definition) is 0. The topological polar surface area (TPSA) is 99.2 Å². The van der Waals surface area contributed by atoms with Gasteiger partial charge >= 0.3 is 5.97 Å². The fourth-order valence-corrected chi connectivity index (χ4v) is 3.50. The molecule has 2 aromatic rings. The molecule has 8 nitrogen and oxygen atoms in total. The SMILES string of the molecule is O=C(COCCN1C(=O)c2ccccc2C1=O)CC(=O)OCCCCCCOc1ccccc1. The van der Waals surface area contributed by atoms with Gasteiger partial charge in [0.15, 0.2) is 5.78 Å². The zero-order valence-electron chi connectivity index (χ0n) is 19.1. The second-order valence-corrected chi connectivity index (χ2v) is 7.87. The van der Waals surface area contributed by atoms with E-state index in [1.807, 2.05) is 30.3 Å². The van der Waals surface area contributed by atoms with E-state index in [4.69, 9.17) is 14.2 Å². The standard InChI is InChI=1S/C26H29NO7/c28-20(19-32-17-14-27-25(30)22-12-6-7-13-23(22)26(27)31)18-24(29)34-16-9-2-1-8-15-33-21-10-4-3-5-11-21/h3-7,10-13H,1-2,8-9,14-19H2. The number of carbonyl (C=O) groups excluding carboxylic acids is 4. The fraction of sp³-hybridized carbons (Fsp3) is 0.385. The predicted octanol–water partition coefficient (Wildman–Crippen LogP) is 3.44. The Kier molecular flexibility index (Phi) is 9.79. The van der Waals surface area contributed by atoms with Crippen LogP contribution < -0.4 is 4.74 Å². The minimum Gasteiger partial charge on any atom is -0.494 e. The molecule has 0 radical (unpaired) electrons. The molecule has 0 fully saturated rings. The van der Waals surface area contributed by atoms with E-state index in [-0.39, 0.29) is 44.6 Å². The summed E-state index contributed by atoms with van der Waals surface area (Å²) in [5.74, 6) is -0.883. The van der Waals surface area contributed by atoms with Gasteiger partial charge in [-0.25, -0.2) is 0 Å². The third-order valence-corrected chi connectivity index (χ3v) is 5.26. The number of Topliss-reactive ketones (excluding diaryl/α,β-unsaturated/α-hetero) is 1. The molecule has 0 spiro atoms. The minimum atomic E-state index is -0.582. The quantitative estimate of drug-likeness (QED) is 0.171. The van der Waals surface area contributed by atoms with Gasteiger partial charge in [0, 0.05) is 0 Å². The molecule has 1 heterocycles. The number of carbonyl (C=O) groups is 4. The first-order chi connectivity index (χ1) is 16.6. The molecule has 2 aromatic carbocycles. The maximum atomic E-state index is 12.3. The molecular formula is C26H29NO7. The Balaban J connectivity index is 1.18. The Labute approximate surface area is 198 Å². The summed E-state index contributed by atoms with van der Waals surface area (Å²) in [6, 6.07) is 16.2. The number of nitrogens with zero attached hydrogens (tertiary/aromatic N) is 1. The van der Waals surface area contributed by atoms with Gasteiger partial charge < -0.3 is 14.2 Å². The van der Waals surface area contributed by atoms with Gasteiger partial charge in [-0.1, -0.05) is 30.3 Å². The lowest BCUT2D eigenvalue weighted by atomic mass is 10.1. The van der Waals surface area contributed by atoms with E-state index in [2.05, 4.69) is 0 Å². The molecule has 0 saturated heterocycles. The Morgan fingerprint density at radius 2 is 1.35 bits per heavy atom. The fourth-order valence-electron chi connectivity index (χ4n) is 3.50. The summed E-state index contributed by atoms with van der Waals surface area (Å²) in [4.78, 5) is 49.3. The monoisotopic (exact) mass is 467 g/mol. The molecule has 34 heavy (non-hydrogen) atoms. The highest BCUT2D eigenvalue weighted by molar-refractivity contribution is 6.21. The maximum absolute atomic E-state index is 12.3. The number of ether oxygens (including phenoxy) is 3. The van der Waals surface area contributed by atoms with E-state index in [0.29, 0.717) is 17.7 Å². The van der Waals surface area contributed by atoms with Gasteiger partial charge in [0.25, 0.3) is 11.8 Å². The van der Waals surface area contributed by atoms with Crippen LogP contribution in [0.2, 0.25) is 0 Å². The molecule has 0 saturated carbocycles. The first-order valence-corrected chi connectivity index (χ1v) is 11.4. The number of para-hydroxylation sites is 1. The van der Waals surface area contributed by atoms with Crippen LogP contribution in [0.15, 0.2) is 54.6 Å². The van der Waals surface area contributed by atoms with Crippen molar-refractivity contribution in [3.63, 3.8) is 0 Å². The number of amides is 2. The van der Waals surface area contributed by atoms with Crippen molar-refractivity contribution in [1.82, 2.24) is 4.90 Å². The highest BCUT2D eigenvalue weighted by Gasteiger charge is 2.34. The van der Waals surface area contributed by atoms with Crippen molar-refractivity contribution in [3.05, 3.63) is 65.7 Å². The van der Waals surface area contributed by atoms with E-state index in [1.54, 1.807) is 24.3 Å². The van der Waals surface area contributed by atoms with Crippen LogP contribution in [0.4, 0.5) is 0 Å². The van der Waals surface area contributed by atoms with Gasteiger partial charge in [-0.3, -0.25) is 24.1 Å². The number of imide groups is 1. The van der Waals surface area contributed by atoms with Gasteiger partial charge in [0.05, 0.1) is 37.5 Å². The maximum Gasteiger partial charge on any atom is 0.313 e. The normalized spacial score (nSPS) is 12.5. The zero-order valence-corrected chi connectivity index (χ0v) is 19.1. The van der Waals surface area contributed by atoms with E-state index >= 15 is 0 Å². The summed E-state index contributed by atoms with van der Waals surface area (Å²) >= 11 is 0. The number of hydrogen-bond acceptors (Lipinski definition) is 7. The van der Waals surface area contributed by atoms with Crippen LogP contribution in [0.3, 0.4) is 0 Å². The van der Waals surface area contributed by atoms with Crippen LogP contribution in [0.5, 0.6) is 5.75 Å².